The first-order valence-electron chi connectivity index (χ1n) is 9.24. The van der Waals surface area contributed by atoms with Gasteiger partial charge in [-0.15, -0.1) is 0 Å². The van der Waals surface area contributed by atoms with E-state index in [9.17, 15) is 0 Å². The first-order valence-corrected chi connectivity index (χ1v) is 9.24. The molecule has 1 aliphatic heterocycles. The topological polar surface area (TPSA) is 12.5 Å². The van der Waals surface area contributed by atoms with Crippen molar-refractivity contribution in [1.82, 2.24) is 4.90 Å². The number of rotatable bonds is 7. The molecule has 0 N–H and O–H groups in total. The van der Waals surface area contributed by atoms with Crippen LogP contribution in [0.4, 0.5) is 0 Å². The van der Waals surface area contributed by atoms with E-state index in [1.165, 1.54) is 43.5 Å². The molecule has 1 atom stereocenters. The summed E-state index contributed by atoms with van der Waals surface area (Å²) in [6.07, 6.45) is 5.21. The molecule has 2 aromatic rings. The molecule has 2 aromatic carbocycles. The Balaban J connectivity index is 1.54. The van der Waals surface area contributed by atoms with E-state index in [1.807, 2.05) is 0 Å². The minimum absolute atomic E-state index is 0.0122. The monoisotopic (exact) mass is 321 g/mol. The molecule has 1 aliphatic carbocycles. The van der Waals surface area contributed by atoms with Gasteiger partial charge in [-0.25, -0.2) is 0 Å². The minimum atomic E-state index is 0.0122. The maximum Gasteiger partial charge on any atom is 0.123 e. The summed E-state index contributed by atoms with van der Waals surface area (Å²) in [5.74, 6) is 2.03. The van der Waals surface area contributed by atoms with E-state index >= 15 is 0 Å². The van der Waals surface area contributed by atoms with Gasteiger partial charge in [0.25, 0.3) is 0 Å². The molecule has 1 unspecified atom stereocenters. The smallest absolute Gasteiger partial charge is 0.123 e. The molecule has 0 bridgehead atoms. The fourth-order valence-corrected chi connectivity index (χ4v) is 4.10. The standard InChI is InChI=1S/C22H27NO/c1-23(16-18-12-13-18)15-7-14-22(19-8-3-2-4-9-19)17-24-21-11-6-5-10-20(21)22/h2-6,8-11,18H,7,12-17H2,1H3. The zero-order valence-corrected chi connectivity index (χ0v) is 14.6. The van der Waals surface area contributed by atoms with Crippen molar-refractivity contribution in [1.29, 1.82) is 0 Å². The van der Waals surface area contributed by atoms with E-state index in [4.69, 9.17) is 4.74 Å². The SMILES string of the molecule is CN(CCCC1(c2ccccc2)COc2ccccc21)CC1CC1. The van der Waals surface area contributed by atoms with Crippen molar-refractivity contribution in [3.63, 3.8) is 0 Å². The molecule has 0 radical (unpaired) electrons. The highest BCUT2D eigenvalue weighted by Gasteiger charge is 2.41. The average Bonchev–Trinajstić information content (AvgIpc) is 3.35. The Labute approximate surface area is 145 Å². The van der Waals surface area contributed by atoms with Crippen LogP contribution in [0.15, 0.2) is 54.6 Å². The Bertz CT molecular complexity index is 679. The molecule has 2 heteroatoms. The Morgan fingerprint density at radius 1 is 1.04 bits per heavy atom. The quantitative estimate of drug-likeness (QED) is 0.745. The van der Waals surface area contributed by atoms with Gasteiger partial charge in [-0.1, -0.05) is 48.5 Å². The third kappa shape index (κ3) is 3.08. The summed E-state index contributed by atoms with van der Waals surface area (Å²) in [7, 11) is 2.27. The van der Waals surface area contributed by atoms with Crippen LogP contribution in [0.3, 0.4) is 0 Å². The highest BCUT2D eigenvalue weighted by molar-refractivity contribution is 5.50. The lowest BCUT2D eigenvalue weighted by Gasteiger charge is -2.30. The number of benzene rings is 2. The maximum atomic E-state index is 6.09. The van der Waals surface area contributed by atoms with E-state index in [0.717, 1.165) is 24.7 Å². The number of hydrogen-bond acceptors (Lipinski definition) is 2. The van der Waals surface area contributed by atoms with Crippen molar-refractivity contribution in [3.05, 3.63) is 65.7 Å². The molecular formula is C22H27NO. The van der Waals surface area contributed by atoms with Crippen LogP contribution in [0.2, 0.25) is 0 Å². The summed E-state index contributed by atoms with van der Waals surface area (Å²) in [6.45, 7) is 3.21. The minimum Gasteiger partial charge on any atom is -0.492 e. The Hall–Kier alpha value is -1.80. The fraction of sp³-hybridized carbons (Fsp3) is 0.455. The first-order chi connectivity index (χ1) is 11.8. The van der Waals surface area contributed by atoms with Crippen LogP contribution in [0, 0.1) is 5.92 Å². The van der Waals surface area contributed by atoms with Gasteiger partial charge in [-0.2, -0.15) is 0 Å². The van der Waals surface area contributed by atoms with Gasteiger partial charge < -0.3 is 9.64 Å². The third-order valence-electron chi connectivity index (χ3n) is 5.61. The Morgan fingerprint density at radius 2 is 1.79 bits per heavy atom. The molecule has 2 nitrogen and oxygen atoms in total. The van der Waals surface area contributed by atoms with Crippen molar-refractivity contribution in [2.24, 2.45) is 5.92 Å². The van der Waals surface area contributed by atoms with Gasteiger partial charge in [0.15, 0.2) is 0 Å². The molecule has 1 heterocycles. The Morgan fingerprint density at radius 3 is 2.58 bits per heavy atom. The van der Waals surface area contributed by atoms with Crippen LogP contribution in [0.1, 0.15) is 36.8 Å². The predicted octanol–water partition coefficient (Wildman–Crippen LogP) is 4.49. The van der Waals surface area contributed by atoms with Crippen LogP contribution in [-0.2, 0) is 5.41 Å². The zero-order chi connectivity index (χ0) is 16.4. The molecule has 0 spiro atoms. The second kappa shape index (κ2) is 6.60. The second-order valence-corrected chi connectivity index (χ2v) is 7.54. The molecule has 2 aliphatic rings. The number of hydrogen-bond donors (Lipinski definition) is 0. The van der Waals surface area contributed by atoms with Gasteiger partial charge in [-0.05, 0) is 56.8 Å². The van der Waals surface area contributed by atoms with Crippen LogP contribution >= 0.6 is 0 Å². The molecule has 1 fully saturated rings. The molecule has 126 valence electrons. The van der Waals surface area contributed by atoms with Crippen molar-refractivity contribution in [2.75, 3.05) is 26.7 Å². The van der Waals surface area contributed by atoms with Gasteiger partial charge in [0.1, 0.15) is 12.4 Å². The van der Waals surface area contributed by atoms with Gasteiger partial charge >= 0.3 is 0 Å². The number of ether oxygens (including phenoxy) is 1. The molecule has 0 saturated heterocycles. The molecule has 4 rings (SSSR count). The number of para-hydroxylation sites is 1. The largest absolute Gasteiger partial charge is 0.492 e. The summed E-state index contributed by atoms with van der Waals surface area (Å²) in [4.78, 5) is 2.51. The predicted molar refractivity (Wildman–Crippen MR) is 98.6 cm³/mol. The molecule has 24 heavy (non-hydrogen) atoms. The molecule has 0 amide bonds. The van der Waals surface area contributed by atoms with Gasteiger partial charge in [-0.3, -0.25) is 0 Å². The molecular weight excluding hydrogens is 294 g/mol. The summed E-state index contributed by atoms with van der Waals surface area (Å²) in [5.41, 5.74) is 2.76. The van der Waals surface area contributed by atoms with Gasteiger partial charge in [0.2, 0.25) is 0 Å². The molecule has 1 saturated carbocycles. The van der Waals surface area contributed by atoms with Crippen LogP contribution in [0.5, 0.6) is 5.75 Å². The third-order valence-corrected chi connectivity index (χ3v) is 5.61. The average molecular weight is 321 g/mol. The van der Waals surface area contributed by atoms with Crippen molar-refractivity contribution >= 4 is 0 Å². The summed E-state index contributed by atoms with van der Waals surface area (Å²) >= 11 is 0. The van der Waals surface area contributed by atoms with Gasteiger partial charge in [0, 0.05) is 12.1 Å². The summed E-state index contributed by atoms with van der Waals surface area (Å²) in [5, 5.41) is 0. The van der Waals surface area contributed by atoms with E-state index in [0.29, 0.717) is 0 Å². The number of fused-ring (bicyclic) bond motifs is 1. The normalized spacial score (nSPS) is 22.4. The van der Waals surface area contributed by atoms with Crippen molar-refractivity contribution < 1.29 is 4.74 Å². The first kappa shape index (κ1) is 15.7. The fourth-order valence-electron chi connectivity index (χ4n) is 4.10. The van der Waals surface area contributed by atoms with Crippen LogP contribution in [-0.4, -0.2) is 31.6 Å². The van der Waals surface area contributed by atoms with Crippen molar-refractivity contribution in [2.45, 2.75) is 31.1 Å². The summed E-state index contributed by atoms with van der Waals surface area (Å²) < 4.78 is 6.09. The summed E-state index contributed by atoms with van der Waals surface area (Å²) in [6, 6.07) is 19.5. The van der Waals surface area contributed by atoms with Crippen molar-refractivity contribution in [3.8, 4) is 5.75 Å². The second-order valence-electron chi connectivity index (χ2n) is 7.54. The highest BCUT2D eigenvalue weighted by atomic mass is 16.5. The highest BCUT2D eigenvalue weighted by Crippen LogP contribution is 2.46. The molecule has 0 aromatic heterocycles. The van der Waals surface area contributed by atoms with E-state index in [-0.39, 0.29) is 5.41 Å². The van der Waals surface area contributed by atoms with Gasteiger partial charge in [0.05, 0.1) is 5.41 Å². The van der Waals surface area contributed by atoms with E-state index in [1.54, 1.807) is 0 Å². The zero-order valence-electron chi connectivity index (χ0n) is 14.6. The lowest BCUT2D eigenvalue weighted by atomic mass is 9.73. The van der Waals surface area contributed by atoms with Crippen LogP contribution in [0.25, 0.3) is 0 Å². The Kier molecular flexibility index (Phi) is 4.32. The van der Waals surface area contributed by atoms with Crippen LogP contribution < -0.4 is 4.74 Å². The lowest BCUT2D eigenvalue weighted by molar-refractivity contribution is 0.259. The number of nitrogens with zero attached hydrogens (tertiary/aromatic N) is 1. The van der Waals surface area contributed by atoms with E-state index < -0.39 is 0 Å². The lowest BCUT2D eigenvalue weighted by Crippen LogP contribution is -2.31. The maximum absolute atomic E-state index is 6.09. The van der Waals surface area contributed by atoms with E-state index in [2.05, 4.69) is 66.5 Å².